The molecule has 0 unspecified atom stereocenters. The molecular formula is C20H34ClNO3. The van der Waals surface area contributed by atoms with Gasteiger partial charge in [0.1, 0.15) is 5.75 Å². The molecule has 3 N–H and O–H groups in total. The number of esters is 1. The van der Waals surface area contributed by atoms with Crippen LogP contribution in [0.2, 0.25) is 0 Å². The van der Waals surface area contributed by atoms with Crippen molar-refractivity contribution in [1.82, 2.24) is 0 Å². The lowest BCUT2D eigenvalue weighted by Gasteiger charge is -2.33. The molecular weight excluding hydrogens is 338 g/mol. The van der Waals surface area contributed by atoms with Crippen LogP contribution in [0.5, 0.6) is 5.75 Å². The average molecular weight is 372 g/mol. The van der Waals surface area contributed by atoms with Gasteiger partial charge in [0.2, 0.25) is 0 Å². The van der Waals surface area contributed by atoms with E-state index in [0.29, 0.717) is 5.75 Å². The van der Waals surface area contributed by atoms with Crippen LogP contribution in [0.1, 0.15) is 78.1 Å². The van der Waals surface area contributed by atoms with Gasteiger partial charge in [-0.15, -0.1) is 12.4 Å². The lowest BCUT2D eigenvalue weighted by atomic mass is 9.74. The Kier molecular flexibility index (Phi) is 7.17. The zero-order valence-corrected chi connectivity index (χ0v) is 17.8. The van der Waals surface area contributed by atoms with Crippen molar-refractivity contribution in [2.45, 2.75) is 72.3 Å². The minimum Gasteiger partial charge on any atom is -0.507 e. The fourth-order valence-electron chi connectivity index (χ4n) is 2.79. The van der Waals surface area contributed by atoms with E-state index in [1.54, 1.807) is 13.8 Å². The van der Waals surface area contributed by atoms with E-state index in [2.05, 4.69) is 41.5 Å². The lowest BCUT2D eigenvalue weighted by molar-refractivity contribution is -0.152. The van der Waals surface area contributed by atoms with E-state index < -0.39 is 11.5 Å². The van der Waals surface area contributed by atoms with Crippen LogP contribution in [0, 0.1) is 5.41 Å². The quantitative estimate of drug-likeness (QED) is 0.761. The number of hydrogen-bond acceptors (Lipinski definition) is 4. The highest BCUT2D eigenvalue weighted by molar-refractivity contribution is 5.85. The first-order valence-electron chi connectivity index (χ1n) is 8.36. The fraction of sp³-hybridized carbons (Fsp3) is 0.650. The molecule has 5 heteroatoms. The van der Waals surface area contributed by atoms with E-state index in [4.69, 9.17) is 10.5 Å². The lowest BCUT2D eigenvalue weighted by Crippen LogP contribution is -2.37. The molecule has 4 nitrogen and oxygen atoms in total. The molecule has 1 atom stereocenters. The van der Waals surface area contributed by atoms with Gasteiger partial charge in [0, 0.05) is 6.04 Å². The molecule has 0 aliphatic carbocycles. The number of benzene rings is 1. The molecule has 0 saturated carbocycles. The second kappa shape index (κ2) is 7.55. The standard InChI is InChI=1S/C20H33NO3.ClH/c1-18(2,3)13-10-12(11-14(15(13)22)19(4,5)6)16(21)20(7,8)17(23)24-9;/h10-11,16,22H,21H2,1-9H3;1H/t16-;/m1./s1. The maximum Gasteiger partial charge on any atom is 0.313 e. The van der Waals surface area contributed by atoms with E-state index in [1.165, 1.54) is 7.11 Å². The SMILES string of the molecule is COC(=O)C(C)(C)[C@H](N)c1cc(C(C)(C)C)c(O)c(C(C)(C)C)c1.Cl. The number of halogens is 1. The van der Waals surface area contributed by atoms with Crippen LogP contribution in [0.25, 0.3) is 0 Å². The Morgan fingerprint density at radius 1 is 1.00 bits per heavy atom. The van der Waals surface area contributed by atoms with Crippen molar-refractivity contribution in [2.75, 3.05) is 7.11 Å². The third-order valence-corrected chi connectivity index (χ3v) is 4.60. The first-order chi connectivity index (χ1) is 10.6. The van der Waals surface area contributed by atoms with Gasteiger partial charge in [-0.1, -0.05) is 41.5 Å². The Balaban J connectivity index is 0.00000576. The zero-order chi connectivity index (χ0) is 19.1. The Labute approximate surface area is 158 Å². The van der Waals surface area contributed by atoms with Gasteiger partial charge < -0.3 is 15.6 Å². The van der Waals surface area contributed by atoms with Crippen LogP contribution in [0.3, 0.4) is 0 Å². The summed E-state index contributed by atoms with van der Waals surface area (Å²) in [6, 6.07) is 3.30. The number of methoxy groups -OCH3 is 1. The van der Waals surface area contributed by atoms with Crippen molar-refractivity contribution >= 4 is 18.4 Å². The highest BCUT2D eigenvalue weighted by Crippen LogP contribution is 2.43. The third-order valence-electron chi connectivity index (χ3n) is 4.60. The summed E-state index contributed by atoms with van der Waals surface area (Å²) < 4.78 is 4.91. The third kappa shape index (κ3) is 4.89. The van der Waals surface area contributed by atoms with Gasteiger partial charge in [-0.3, -0.25) is 4.79 Å². The highest BCUT2D eigenvalue weighted by Gasteiger charge is 2.38. The van der Waals surface area contributed by atoms with Gasteiger partial charge in [-0.25, -0.2) is 0 Å². The molecule has 1 aromatic rings. The average Bonchev–Trinajstić information content (AvgIpc) is 2.43. The maximum atomic E-state index is 12.1. The monoisotopic (exact) mass is 371 g/mol. The molecule has 0 saturated heterocycles. The Morgan fingerprint density at radius 2 is 1.36 bits per heavy atom. The maximum absolute atomic E-state index is 12.1. The largest absolute Gasteiger partial charge is 0.507 e. The molecule has 0 aromatic heterocycles. The Bertz CT molecular complexity index is 590. The molecule has 1 rings (SSSR count). The minimum atomic E-state index is -0.865. The number of ether oxygens (including phenoxy) is 1. The van der Waals surface area contributed by atoms with Crippen LogP contribution in [0.15, 0.2) is 12.1 Å². The van der Waals surface area contributed by atoms with Crippen LogP contribution in [0.4, 0.5) is 0 Å². The van der Waals surface area contributed by atoms with Crippen LogP contribution >= 0.6 is 12.4 Å². The summed E-state index contributed by atoms with van der Waals surface area (Å²) in [5.74, 6) is -0.0421. The molecule has 0 aliphatic heterocycles. The van der Waals surface area contributed by atoms with Gasteiger partial charge in [-0.05, 0) is 53.5 Å². The van der Waals surface area contributed by atoms with Gasteiger partial charge in [-0.2, -0.15) is 0 Å². The highest BCUT2D eigenvalue weighted by atomic mass is 35.5. The summed E-state index contributed by atoms with van der Waals surface area (Å²) in [5, 5.41) is 10.8. The second-order valence-corrected chi connectivity index (χ2v) is 9.16. The molecule has 25 heavy (non-hydrogen) atoms. The zero-order valence-electron chi connectivity index (χ0n) is 17.0. The molecule has 0 aliphatic rings. The van der Waals surface area contributed by atoms with Gasteiger partial charge >= 0.3 is 5.97 Å². The van der Waals surface area contributed by atoms with Crippen molar-refractivity contribution in [2.24, 2.45) is 11.1 Å². The van der Waals surface area contributed by atoms with Crippen LogP contribution < -0.4 is 5.73 Å². The number of carbonyl (C=O) groups is 1. The normalized spacial score (nSPS) is 13.8. The number of carbonyl (C=O) groups excluding carboxylic acids is 1. The van der Waals surface area contributed by atoms with Crippen molar-refractivity contribution < 1.29 is 14.6 Å². The van der Waals surface area contributed by atoms with Crippen molar-refractivity contribution in [3.8, 4) is 5.75 Å². The van der Waals surface area contributed by atoms with E-state index >= 15 is 0 Å². The smallest absolute Gasteiger partial charge is 0.313 e. The first kappa shape index (κ1) is 23.7. The van der Waals surface area contributed by atoms with Gasteiger partial charge in [0.25, 0.3) is 0 Å². The number of hydrogen-bond donors (Lipinski definition) is 2. The molecule has 0 fully saturated rings. The summed E-state index contributed by atoms with van der Waals surface area (Å²) in [6.45, 7) is 15.9. The molecule has 0 bridgehead atoms. The minimum absolute atomic E-state index is 0. The molecule has 0 spiro atoms. The number of phenolic OH excluding ortho intramolecular Hbond substituents is 1. The van der Waals surface area contributed by atoms with Crippen molar-refractivity contribution in [3.63, 3.8) is 0 Å². The van der Waals surface area contributed by atoms with E-state index in [-0.39, 0.29) is 29.2 Å². The number of nitrogens with two attached hydrogens (primary N) is 1. The topological polar surface area (TPSA) is 72.5 Å². The predicted octanol–water partition coefficient (Wildman–Crippen LogP) is 4.61. The second-order valence-electron chi connectivity index (χ2n) is 9.16. The first-order valence-corrected chi connectivity index (χ1v) is 8.36. The molecule has 1 aromatic carbocycles. The fourth-order valence-corrected chi connectivity index (χ4v) is 2.79. The molecule has 0 amide bonds. The van der Waals surface area contributed by atoms with Crippen LogP contribution in [-0.4, -0.2) is 18.2 Å². The number of rotatable bonds is 3. The number of phenols is 1. The summed E-state index contributed by atoms with van der Waals surface area (Å²) in [5.41, 5.74) is 7.59. The van der Waals surface area contributed by atoms with E-state index in [0.717, 1.165) is 16.7 Å². The Morgan fingerprint density at radius 3 is 1.64 bits per heavy atom. The van der Waals surface area contributed by atoms with Crippen molar-refractivity contribution in [3.05, 3.63) is 28.8 Å². The summed E-state index contributed by atoms with van der Waals surface area (Å²) in [6.07, 6.45) is 0. The van der Waals surface area contributed by atoms with E-state index in [9.17, 15) is 9.90 Å². The summed E-state index contributed by atoms with van der Waals surface area (Å²) in [7, 11) is 1.37. The van der Waals surface area contributed by atoms with Crippen LogP contribution in [-0.2, 0) is 20.4 Å². The van der Waals surface area contributed by atoms with Gasteiger partial charge in [0.05, 0.1) is 12.5 Å². The molecule has 0 heterocycles. The van der Waals surface area contributed by atoms with Crippen molar-refractivity contribution in [1.29, 1.82) is 0 Å². The summed E-state index contributed by atoms with van der Waals surface area (Å²) in [4.78, 5) is 12.1. The molecule has 144 valence electrons. The molecule has 0 radical (unpaired) electrons. The predicted molar refractivity (Wildman–Crippen MR) is 105 cm³/mol. The Hall–Kier alpha value is -1.26. The van der Waals surface area contributed by atoms with E-state index in [1.807, 2.05) is 12.1 Å². The van der Waals surface area contributed by atoms with Gasteiger partial charge in [0.15, 0.2) is 0 Å². The summed E-state index contributed by atoms with van der Waals surface area (Å²) >= 11 is 0. The number of aromatic hydroxyl groups is 1.